The van der Waals surface area contributed by atoms with E-state index in [1.807, 2.05) is 0 Å². The van der Waals surface area contributed by atoms with Crippen LogP contribution in [0.4, 0.5) is 17.1 Å². The molecule has 6 aromatic rings. The fourth-order valence-corrected chi connectivity index (χ4v) is 6.41. The van der Waals surface area contributed by atoms with E-state index in [4.69, 9.17) is 9.31 Å². The van der Waals surface area contributed by atoms with Crippen molar-refractivity contribution in [3.8, 4) is 33.4 Å². The van der Waals surface area contributed by atoms with Gasteiger partial charge in [-0.05, 0) is 134 Å². The molecule has 0 aromatic heterocycles. The van der Waals surface area contributed by atoms with Gasteiger partial charge in [0, 0.05) is 17.1 Å². The molecule has 0 saturated carbocycles. The van der Waals surface area contributed by atoms with Gasteiger partial charge in [-0.3, -0.25) is 0 Å². The van der Waals surface area contributed by atoms with Crippen LogP contribution < -0.4 is 10.4 Å². The zero-order chi connectivity index (χ0) is 33.5. The van der Waals surface area contributed by atoms with Gasteiger partial charge in [0.15, 0.2) is 0 Å². The van der Waals surface area contributed by atoms with Crippen molar-refractivity contribution in [3.63, 3.8) is 0 Å². The smallest absolute Gasteiger partial charge is 0.399 e. The molecule has 1 aliphatic rings. The molecule has 238 valence electrons. The lowest BCUT2D eigenvalue weighted by Crippen LogP contribution is -2.41. The van der Waals surface area contributed by atoms with Gasteiger partial charge in [0.1, 0.15) is 0 Å². The van der Waals surface area contributed by atoms with E-state index in [0.717, 1.165) is 22.5 Å². The molecule has 0 radical (unpaired) electrons. The van der Waals surface area contributed by atoms with Crippen molar-refractivity contribution in [3.05, 3.63) is 157 Å². The number of hydrogen-bond acceptors (Lipinski definition) is 3. The number of anilines is 3. The normalized spacial score (nSPS) is 15.0. The molecule has 0 spiro atoms. The first kappa shape index (κ1) is 31.7. The third-order valence-electron chi connectivity index (χ3n) is 10.0. The highest BCUT2D eigenvalue weighted by Crippen LogP contribution is 2.39. The summed E-state index contributed by atoms with van der Waals surface area (Å²) in [6.45, 7) is 12.7. The van der Waals surface area contributed by atoms with Crippen LogP contribution in [0.1, 0.15) is 38.8 Å². The number of benzene rings is 6. The van der Waals surface area contributed by atoms with Gasteiger partial charge < -0.3 is 14.2 Å². The Balaban J connectivity index is 1.24. The molecular weight excluding hydrogens is 585 g/mol. The first-order chi connectivity index (χ1) is 23.1. The predicted octanol–water partition coefficient (Wildman–Crippen LogP) is 11.1. The Kier molecular flexibility index (Phi) is 8.33. The Morgan fingerprint density at radius 2 is 0.875 bits per heavy atom. The van der Waals surface area contributed by atoms with E-state index in [0.29, 0.717) is 0 Å². The molecule has 0 N–H and O–H groups in total. The Labute approximate surface area is 286 Å². The van der Waals surface area contributed by atoms with Gasteiger partial charge in [0.25, 0.3) is 0 Å². The highest BCUT2D eigenvalue weighted by atomic mass is 16.7. The van der Waals surface area contributed by atoms with E-state index in [1.54, 1.807) is 0 Å². The first-order valence-electron chi connectivity index (χ1n) is 16.8. The van der Waals surface area contributed by atoms with Crippen LogP contribution in [0.5, 0.6) is 0 Å². The van der Waals surface area contributed by atoms with Gasteiger partial charge in [-0.2, -0.15) is 0 Å². The summed E-state index contributed by atoms with van der Waals surface area (Å²) >= 11 is 0. The van der Waals surface area contributed by atoms with Gasteiger partial charge >= 0.3 is 7.12 Å². The topological polar surface area (TPSA) is 21.7 Å². The van der Waals surface area contributed by atoms with E-state index in [9.17, 15) is 0 Å². The summed E-state index contributed by atoms with van der Waals surface area (Å²) < 4.78 is 12.7. The molecule has 0 aliphatic carbocycles. The summed E-state index contributed by atoms with van der Waals surface area (Å²) in [6.07, 6.45) is 0. The molecule has 3 nitrogen and oxygen atoms in total. The fourth-order valence-electron chi connectivity index (χ4n) is 6.41. The number of hydrogen-bond donors (Lipinski definition) is 0. The Morgan fingerprint density at radius 1 is 0.438 bits per heavy atom. The average molecular weight is 628 g/mol. The van der Waals surface area contributed by atoms with Crippen LogP contribution in [0.2, 0.25) is 0 Å². The minimum Gasteiger partial charge on any atom is -0.399 e. The number of rotatable bonds is 7. The molecule has 1 aliphatic heterocycles. The lowest BCUT2D eigenvalue weighted by Gasteiger charge is -2.32. The van der Waals surface area contributed by atoms with Gasteiger partial charge in [0.05, 0.1) is 11.2 Å². The second kappa shape index (κ2) is 12.6. The van der Waals surface area contributed by atoms with Crippen LogP contribution in [0.3, 0.4) is 0 Å². The zero-order valence-electron chi connectivity index (χ0n) is 28.7. The van der Waals surface area contributed by atoms with Crippen molar-refractivity contribution in [2.75, 3.05) is 4.90 Å². The summed E-state index contributed by atoms with van der Waals surface area (Å²) in [6, 6.07) is 52.1. The Morgan fingerprint density at radius 3 is 1.44 bits per heavy atom. The van der Waals surface area contributed by atoms with Crippen molar-refractivity contribution < 1.29 is 9.31 Å². The number of nitrogens with zero attached hydrogens (tertiary/aromatic N) is 1. The van der Waals surface area contributed by atoms with Gasteiger partial charge in [-0.1, -0.05) is 103 Å². The van der Waals surface area contributed by atoms with Gasteiger partial charge in [0.2, 0.25) is 0 Å². The van der Waals surface area contributed by atoms with Crippen molar-refractivity contribution in [2.24, 2.45) is 0 Å². The molecule has 0 unspecified atom stereocenters. The molecule has 6 aromatic carbocycles. The molecule has 0 amide bonds. The third kappa shape index (κ3) is 6.10. The van der Waals surface area contributed by atoms with E-state index >= 15 is 0 Å². The monoisotopic (exact) mass is 627 g/mol. The Hall–Kier alpha value is -4.90. The lowest BCUT2D eigenvalue weighted by molar-refractivity contribution is 0.00578. The molecule has 0 atom stereocenters. The SMILES string of the molecule is Cc1ccccc1-c1cc(-c2ccc(N(c3ccc(B4OC(C)(C)C(C)(C)O4)cc3)c3ccc(-c4ccccc4)cc3)cc2)ccc1C. The van der Waals surface area contributed by atoms with E-state index in [1.165, 1.54) is 44.5 Å². The van der Waals surface area contributed by atoms with Crippen molar-refractivity contribution >= 4 is 29.6 Å². The largest absolute Gasteiger partial charge is 0.494 e. The Bertz CT molecular complexity index is 2020. The van der Waals surface area contributed by atoms with Crippen LogP contribution in [-0.4, -0.2) is 18.3 Å². The molecule has 4 heteroatoms. The summed E-state index contributed by atoms with van der Waals surface area (Å²) in [7, 11) is -0.402. The molecule has 0 bridgehead atoms. The van der Waals surface area contributed by atoms with Crippen LogP contribution in [0, 0.1) is 13.8 Å². The zero-order valence-corrected chi connectivity index (χ0v) is 28.7. The molecule has 48 heavy (non-hydrogen) atoms. The van der Waals surface area contributed by atoms with Crippen LogP contribution in [0.15, 0.2) is 146 Å². The highest BCUT2D eigenvalue weighted by Gasteiger charge is 2.51. The molecule has 7 rings (SSSR count). The summed E-state index contributed by atoms with van der Waals surface area (Å²) in [5.41, 5.74) is 13.4. The first-order valence-corrected chi connectivity index (χ1v) is 16.8. The van der Waals surface area contributed by atoms with Gasteiger partial charge in [-0.15, -0.1) is 0 Å². The van der Waals surface area contributed by atoms with Crippen molar-refractivity contribution in [2.45, 2.75) is 52.7 Å². The summed E-state index contributed by atoms with van der Waals surface area (Å²) in [5.74, 6) is 0. The highest BCUT2D eigenvalue weighted by molar-refractivity contribution is 6.62. The molecule has 1 fully saturated rings. The minimum absolute atomic E-state index is 0.386. The van der Waals surface area contributed by atoms with Crippen molar-refractivity contribution in [1.29, 1.82) is 0 Å². The van der Waals surface area contributed by atoms with E-state index in [-0.39, 0.29) is 11.2 Å². The minimum atomic E-state index is -0.402. The average Bonchev–Trinajstić information content (AvgIpc) is 3.32. The van der Waals surface area contributed by atoms with Gasteiger partial charge in [-0.25, -0.2) is 0 Å². The second-order valence-corrected chi connectivity index (χ2v) is 13.8. The summed E-state index contributed by atoms with van der Waals surface area (Å²) in [4.78, 5) is 2.31. The molecule has 1 saturated heterocycles. The van der Waals surface area contributed by atoms with Crippen LogP contribution in [0.25, 0.3) is 33.4 Å². The predicted molar refractivity (Wildman–Crippen MR) is 203 cm³/mol. The maximum atomic E-state index is 6.34. The second-order valence-electron chi connectivity index (χ2n) is 13.8. The summed E-state index contributed by atoms with van der Waals surface area (Å²) in [5, 5.41) is 0. The fraction of sp³-hybridized carbons (Fsp3) is 0.182. The standard InChI is InChI=1S/C44H42BNO2/c1-31-12-10-11-15-41(31)42-30-36(17-16-32(42)2)35-20-26-39(27-21-35)46(38-24-18-34(19-25-38)33-13-8-7-9-14-33)40-28-22-37(23-29-40)45-47-43(3,4)44(5,6)48-45/h7-30H,1-6H3. The molecule has 1 heterocycles. The maximum Gasteiger partial charge on any atom is 0.494 e. The van der Waals surface area contributed by atoms with Crippen LogP contribution >= 0.6 is 0 Å². The van der Waals surface area contributed by atoms with E-state index in [2.05, 4.69) is 192 Å². The third-order valence-corrected chi connectivity index (χ3v) is 10.0. The molecular formula is C44H42BNO2. The van der Waals surface area contributed by atoms with Crippen LogP contribution in [-0.2, 0) is 9.31 Å². The van der Waals surface area contributed by atoms with Crippen molar-refractivity contribution in [1.82, 2.24) is 0 Å². The van der Waals surface area contributed by atoms with E-state index < -0.39 is 7.12 Å². The quantitative estimate of drug-likeness (QED) is 0.164. The number of aryl methyl sites for hydroxylation is 2. The maximum absolute atomic E-state index is 6.34. The lowest BCUT2D eigenvalue weighted by atomic mass is 9.79.